The van der Waals surface area contributed by atoms with Crippen LogP contribution < -0.4 is 5.32 Å². The Morgan fingerprint density at radius 1 is 1.29 bits per heavy atom. The largest absolute Gasteiger partial charge is 0.416 e. The number of amides is 2. The Morgan fingerprint density at radius 3 is 2.57 bits per heavy atom. The Bertz CT molecular complexity index is 582. The second-order valence-electron chi connectivity index (χ2n) is 5.46. The molecular weight excluding hydrogens is 285 g/mol. The molecule has 7 heteroatoms. The van der Waals surface area contributed by atoms with Gasteiger partial charge < -0.3 is 0 Å². The first-order valence-corrected chi connectivity index (χ1v) is 6.37. The second kappa shape index (κ2) is 5.14. The number of nitrogens with one attached hydrogen (secondary N) is 1. The highest BCUT2D eigenvalue weighted by atomic mass is 19.4. The number of hydrogen-bond donors (Lipinski definition) is 1. The van der Waals surface area contributed by atoms with Crippen molar-refractivity contribution in [3.63, 3.8) is 0 Å². The maximum atomic E-state index is 12.7. The Balaban J connectivity index is 2.25. The topological polar surface area (TPSA) is 49.4 Å². The molecule has 4 nitrogen and oxygen atoms in total. The molecule has 1 fully saturated rings. The number of hydrogen-bond acceptors (Lipinski definition) is 3. The smallest absolute Gasteiger partial charge is 0.295 e. The van der Waals surface area contributed by atoms with Crippen molar-refractivity contribution in [2.75, 3.05) is 6.54 Å². The van der Waals surface area contributed by atoms with Crippen molar-refractivity contribution in [3.05, 3.63) is 35.4 Å². The number of carbonyl (C=O) groups excluding carboxylic acids is 2. The minimum Gasteiger partial charge on any atom is -0.295 e. The summed E-state index contributed by atoms with van der Waals surface area (Å²) in [5.74, 6) is -0.895. The second-order valence-corrected chi connectivity index (χ2v) is 5.46. The number of halogens is 3. The first kappa shape index (κ1) is 15.5. The van der Waals surface area contributed by atoms with E-state index in [-0.39, 0.29) is 18.7 Å². The van der Waals surface area contributed by atoms with Crippen LogP contribution in [0, 0.1) is 0 Å². The summed E-state index contributed by atoms with van der Waals surface area (Å²) in [6.07, 6.45) is -4.45. The van der Waals surface area contributed by atoms with E-state index in [4.69, 9.17) is 0 Å². The van der Waals surface area contributed by atoms with Gasteiger partial charge in [0.2, 0.25) is 11.8 Å². The standard InChI is InChI=1S/C14H15F3N2O2/c1-13(2)12(21)19(11(20)7-18-13)8-9-4-3-5-10(6-9)14(15,16)17/h3-6,18H,7-8H2,1-2H3. The van der Waals surface area contributed by atoms with Gasteiger partial charge in [0.1, 0.15) is 0 Å². The summed E-state index contributed by atoms with van der Waals surface area (Å²) in [6.45, 7) is 3.08. The van der Waals surface area contributed by atoms with E-state index < -0.39 is 29.1 Å². The van der Waals surface area contributed by atoms with E-state index in [2.05, 4.69) is 5.32 Å². The van der Waals surface area contributed by atoms with E-state index >= 15 is 0 Å². The number of piperazine rings is 1. The van der Waals surface area contributed by atoms with Crippen molar-refractivity contribution >= 4 is 11.8 Å². The number of benzene rings is 1. The monoisotopic (exact) mass is 300 g/mol. The van der Waals surface area contributed by atoms with E-state index in [0.717, 1.165) is 17.0 Å². The predicted molar refractivity (Wildman–Crippen MR) is 69.1 cm³/mol. The van der Waals surface area contributed by atoms with Crippen LogP contribution in [-0.4, -0.2) is 28.8 Å². The van der Waals surface area contributed by atoms with Crippen molar-refractivity contribution in [1.29, 1.82) is 0 Å². The molecule has 0 atom stereocenters. The average molecular weight is 300 g/mol. The highest BCUT2D eigenvalue weighted by molar-refractivity contribution is 6.02. The molecule has 2 amide bonds. The van der Waals surface area contributed by atoms with E-state index in [1.807, 2.05) is 0 Å². The van der Waals surface area contributed by atoms with Gasteiger partial charge in [0.05, 0.1) is 24.2 Å². The van der Waals surface area contributed by atoms with Crippen molar-refractivity contribution in [2.24, 2.45) is 0 Å². The van der Waals surface area contributed by atoms with Crippen LogP contribution in [0.15, 0.2) is 24.3 Å². The summed E-state index contributed by atoms with van der Waals surface area (Å²) in [6, 6.07) is 4.63. The number of imide groups is 1. The quantitative estimate of drug-likeness (QED) is 0.849. The molecule has 114 valence electrons. The van der Waals surface area contributed by atoms with Crippen LogP contribution in [0.1, 0.15) is 25.0 Å². The van der Waals surface area contributed by atoms with Gasteiger partial charge in [-0.15, -0.1) is 0 Å². The van der Waals surface area contributed by atoms with Gasteiger partial charge in [-0.05, 0) is 31.5 Å². The van der Waals surface area contributed by atoms with Crippen molar-refractivity contribution in [3.8, 4) is 0 Å². The van der Waals surface area contributed by atoms with Crippen LogP contribution in [0.5, 0.6) is 0 Å². The minimum atomic E-state index is -4.45. The van der Waals surface area contributed by atoms with E-state index in [0.29, 0.717) is 0 Å². The van der Waals surface area contributed by atoms with Gasteiger partial charge in [-0.25, -0.2) is 0 Å². The zero-order chi connectivity index (χ0) is 15.8. The molecule has 1 saturated heterocycles. The molecule has 21 heavy (non-hydrogen) atoms. The summed E-state index contributed by atoms with van der Waals surface area (Å²) in [5.41, 5.74) is -1.44. The summed E-state index contributed by atoms with van der Waals surface area (Å²) in [5, 5.41) is 2.79. The summed E-state index contributed by atoms with van der Waals surface area (Å²) >= 11 is 0. The van der Waals surface area contributed by atoms with Crippen molar-refractivity contribution in [1.82, 2.24) is 10.2 Å². The molecule has 0 aliphatic carbocycles. The highest BCUT2D eigenvalue weighted by Gasteiger charge is 2.40. The third-order valence-electron chi connectivity index (χ3n) is 3.36. The molecule has 0 saturated carbocycles. The summed E-state index contributed by atoms with van der Waals surface area (Å²) in [7, 11) is 0. The minimum absolute atomic E-state index is 0.0162. The molecule has 0 aromatic heterocycles. The maximum Gasteiger partial charge on any atom is 0.416 e. The lowest BCUT2D eigenvalue weighted by Crippen LogP contribution is -2.63. The van der Waals surface area contributed by atoms with Gasteiger partial charge in [0, 0.05) is 0 Å². The lowest BCUT2D eigenvalue weighted by Gasteiger charge is -2.36. The van der Waals surface area contributed by atoms with Crippen molar-refractivity contribution in [2.45, 2.75) is 32.1 Å². The third kappa shape index (κ3) is 3.24. The van der Waals surface area contributed by atoms with Crippen molar-refractivity contribution < 1.29 is 22.8 Å². The maximum absolute atomic E-state index is 12.7. The first-order chi connectivity index (χ1) is 9.61. The molecule has 0 spiro atoms. The summed E-state index contributed by atoms with van der Waals surface area (Å²) in [4.78, 5) is 25.0. The Kier molecular flexibility index (Phi) is 3.79. The Labute approximate surface area is 119 Å². The fraction of sp³-hybridized carbons (Fsp3) is 0.429. The van der Waals surface area contributed by atoms with Crippen LogP contribution in [0.2, 0.25) is 0 Å². The van der Waals surface area contributed by atoms with E-state index in [9.17, 15) is 22.8 Å². The molecule has 1 N–H and O–H groups in total. The van der Waals surface area contributed by atoms with Crippen LogP contribution in [-0.2, 0) is 22.3 Å². The third-order valence-corrected chi connectivity index (χ3v) is 3.36. The van der Waals surface area contributed by atoms with Gasteiger partial charge in [0.15, 0.2) is 0 Å². The SMILES string of the molecule is CC1(C)NCC(=O)N(Cc2cccc(C(F)(F)F)c2)C1=O. The highest BCUT2D eigenvalue weighted by Crippen LogP contribution is 2.30. The number of rotatable bonds is 2. The number of nitrogens with zero attached hydrogens (tertiary/aromatic N) is 1. The lowest BCUT2D eigenvalue weighted by atomic mass is 9.99. The Morgan fingerprint density at radius 2 is 1.95 bits per heavy atom. The molecule has 1 aromatic rings. The molecule has 0 radical (unpaired) electrons. The van der Waals surface area contributed by atoms with E-state index in [1.165, 1.54) is 12.1 Å². The Hall–Kier alpha value is -1.89. The van der Waals surface area contributed by atoms with Crippen LogP contribution in [0.3, 0.4) is 0 Å². The summed E-state index contributed by atoms with van der Waals surface area (Å²) < 4.78 is 38.0. The van der Waals surface area contributed by atoms with Gasteiger partial charge in [-0.2, -0.15) is 13.2 Å². The average Bonchev–Trinajstić information content (AvgIpc) is 2.39. The molecule has 1 aliphatic rings. The molecule has 1 aliphatic heterocycles. The van der Waals surface area contributed by atoms with Crippen LogP contribution in [0.4, 0.5) is 13.2 Å². The number of carbonyl (C=O) groups is 2. The first-order valence-electron chi connectivity index (χ1n) is 6.37. The fourth-order valence-corrected chi connectivity index (χ4v) is 2.11. The normalized spacial score (nSPS) is 19.0. The van der Waals surface area contributed by atoms with Gasteiger partial charge in [-0.1, -0.05) is 12.1 Å². The molecular formula is C14H15F3N2O2. The van der Waals surface area contributed by atoms with Crippen LogP contribution in [0.25, 0.3) is 0 Å². The molecule has 1 aromatic carbocycles. The molecule has 0 bridgehead atoms. The molecule has 0 unspecified atom stereocenters. The van der Waals surface area contributed by atoms with E-state index in [1.54, 1.807) is 13.8 Å². The fourth-order valence-electron chi connectivity index (χ4n) is 2.11. The van der Waals surface area contributed by atoms with Gasteiger partial charge in [-0.3, -0.25) is 19.8 Å². The predicted octanol–water partition coefficient (Wildman–Crippen LogP) is 1.94. The van der Waals surface area contributed by atoms with Gasteiger partial charge >= 0.3 is 6.18 Å². The molecule has 1 heterocycles. The number of alkyl halides is 3. The van der Waals surface area contributed by atoms with Gasteiger partial charge in [0.25, 0.3) is 0 Å². The van der Waals surface area contributed by atoms with Crippen LogP contribution >= 0.6 is 0 Å². The lowest BCUT2D eigenvalue weighted by molar-refractivity contribution is -0.153. The zero-order valence-corrected chi connectivity index (χ0v) is 11.6. The molecule has 2 rings (SSSR count). The zero-order valence-electron chi connectivity index (χ0n) is 11.6.